The van der Waals surface area contributed by atoms with Crippen molar-refractivity contribution in [3.63, 3.8) is 0 Å². The van der Waals surface area contributed by atoms with Gasteiger partial charge in [0.15, 0.2) is 0 Å². The standard InChI is InChI=1S/C20H19N5O3/c1-11-9-22-20(28)17-7-13-3-4-14(8-16(13)25(11)17)19(27)24-15-5-6-18(21-10-15)23-12(2)26/h3-8,10-11H,9H2,1-2H3,(H,22,28)(H,24,27)(H,21,23,26). The van der Waals surface area contributed by atoms with Gasteiger partial charge in [0.05, 0.1) is 11.9 Å². The van der Waals surface area contributed by atoms with E-state index in [0.29, 0.717) is 29.3 Å². The Kier molecular flexibility index (Phi) is 4.31. The highest BCUT2D eigenvalue weighted by Crippen LogP contribution is 2.27. The fourth-order valence-electron chi connectivity index (χ4n) is 3.36. The Morgan fingerprint density at radius 1 is 1.18 bits per heavy atom. The monoisotopic (exact) mass is 377 g/mol. The molecule has 4 rings (SSSR count). The zero-order valence-electron chi connectivity index (χ0n) is 15.4. The molecule has 0 saturated carbocycles. The van der Waals surface area contributed by atoms with Crippen LogP contribution < -0.4 is 16.0 Å². The summed E-state index contributed by atoms with van der Waals surface area (Å²) in [6, 6.07) is 10.6. The van der Waals surface area contributed by atoms with Crippen LogP contribution in [0.3, 0.4) is 0 Å². The van der Waals surface area contributed by atoms with Crippen LogP contribution >= 0.6 is 0 Å². The van der Waals surface area contributed by atoms with Gasteiger partial charge in [-0.3, -0.25) is 14.4 Å². The molecule has 28 heavy (non-hydrogen) atoms. The Bertz CT molecular complexity index is 1100. The van der Waals surface area contributed by atoms with Gasteiger partial charge in [-0.05, 0) is 37.3 Å². The minimum absolute atomic E-state index is 0.106. The van der Waals surface area contributed by atoms with Gasteiger partial charge in [-0.1, -0.05) is 6.07 Å². The Morgan fingerprint density at radius 3 is 2.71 bits per heavy atom. The van der Waals surface area contributed by atoms with Gasteiger partial charge >= 0.3 is 0 Å². The van der Waals surface area contributed by atoms with Gasteiger partial charge < -0.3 is 20.5 Å². The number of rotatable bonds is 3. The fourth-order valence-corrected chi connectivity index (χ4v) is 3.36. The second kappa shape index (κ2) is 6.80. The van der Waals surface area contributed by atoms with Crippen LogP contribution in [0.4, 0.5) is 11.5 Å². The molecule has 2 aromatic heterocycles. The Labute approximate surface area is 160 Å². The highest BCUT2D eigenvalue weighted by atomic mass is 16.2. The summed E-state index contributed by atoms with van der Waals surface area (Å²) in [5.74, 6) is -0.180. The zero-order chi connectivity index (χ0) is 19.8. The van der Waals surface area contributed by atoms with Crippen molar-refractivity contribution < 1.29 is 14.4 Å². The molecule has 0 bridgehead atoms. The highest BCUT2D eigenvalue weighted by Gasteiger charge is 2.24. The van der Waals surface area contributed by atoms with E-state index in [9.17, 15) is 14.4 Å². The minimum Gasteiger partial charge on any atom is -0.349 e. The summed E-state index contributed by atoms with van der Waals surface area (Å²) in [7, 11) is 0. The summed E-state index contributed by atoms with van der Waals surface area (Å²) in [4.78, 5) is 39.9. The van der Waals surface area contributed by atoms with Crippen LogP contribution in [-0.4, -0.2) is 33.8 Å². The number of nitrogens with zero attached hydrogens (tertiary/aromatic N) is 2. The molecule has 0 fully saturated rings. The van der Waals surface area contributed by atoms with Crippen molar-refractivity contribution in [2.24, 2.45) is 0 Å². The van der Waals surface area contributed by atoms with Gasteiger partial charge in [0, 0.05) is 36.0 Å². The van der Waals surface area contributed by atoms with E-state index < -0.39 is 0 Å². The third kappa shape index (κ3) is 3.20. The van der Waals surface area contributed by atoms with Crippen molar-refractivity contribution in [2.75, 3.05) is 17.2 Å². The van der Waals surface area contributed by atoms with E-state index in [1.165, 1.54) is 13.1 Å². The topological polar surface area (TPSA) is 105 Å². The Balaban J connectivity index is 1.60. The molecule has 0 radical (unpaired) electrons. The number of amides is 3. The van der Waals surface area contributed by atoms with Crippen molar-refractivity contribution in [1.29, 1.82) is 0 Å². The normalized spacial score (nSPS) is 15.6. The molecule has 8 heteroatoms. The molecule has 0 saturated heterocycles. The number of hydrogen-bond acceptors (Lipinski definition) is 4. The first-order chi connectivity index (χ1) is 13.4. The van der Waals surface area contributed by atoms with Crippen LogP contribution in [0.1, 0.15) is 40.7 Å². The second-order valence-corrected chi connectivity index (χ2v) is 6.80. The zero-order valence-corrected chi connectivity index (χ0v) is 15.4. The maximum Gasteiger partial charge on any atom is 0.268 e. The van der Waals surface area contributed by atoms with Crippen molar-refractivity contribution in [2.45, 2.75) is 19.9 Å². The number of carbonyl (C=O) groups excluding carboxylic acids is 3. The van der Waals surface area contributed by atoms with Crippen molar-refractivity contribution in [1.82, 2.24) is 14.9 Å². The fraction of sp³-hybridized carbons (Fsp3) is 0.200. The predicted molar refractivity (Wildman–Crippen MR) is 105 cm³/mol. The molecule has 142 valence electrons. The molecular formula is C20H19N5O3. The molecule has 0 spiro atoms. The van der Waals surface area contributed by atoms with Gasteiger partial charge in [-0.15, -0.1) is 0 Å². The van der Waals surface area contributed by atoms with Crippen LogP contribution in [0.5, 0.6) is 0 Å². The van der Waals surface area contributed by atoms with E-state index in [-0.39, 0.29) is 23.8 Å². The molecule has 0 aliphatic carbocycles. The summed E-state index contributed by atoms with van der Waals surface area (Å²) < 4.78 is 1.97. The second-order valence-electron chi connectivity index (χ2n) is 6.80. The van der Waals surface area contributed by atoms with Crippen molar-refractivity contribution in [3.8, 4) is 0 Å². The van der Waals surface area contributed by atoms with Crippen molar-refractivity contribution in [3.05, 3.63) is 53.9 Å². The minimum atomic E-state index is -0.278. The average molecular weight is 377 g/mol. The number of hydrogen-bond donors (Lipinski definition) is 3. The van der Waals surface area contributed by atoms with E-state index in [1.807, 2.05) is 23.6 Å². The first-order valence-electron chi connectivity index (χ1n) is 8.90. The quantitative estimate of drug-likeness (QED) is 0.652. The number of anilines is 2. The summed E-state index contributed by atoms with van der Waals surface area (Å²) in [6.07, 6.45) is 1.48. The number of carbonyl (C=O) groups is 3. The van der Waals surface area contributed by atoms with Gasteiger partial charge in [0.1, 0.15) is 11.5 Å². The summed E-state index contributed by atoms with van der Waals surface area (Å²) in [5.41, 5.74) is 2.45. The molecule has 1 aromatic carbocycles. The molecule has 3 aromatic rings. The van der Waals surface area contributed by atoms with Gasteiger partial charge in [0.2, 0.25) is 5.91 Å². The number of fused-ring (bicyclic) bond motifs is 3. The third-order valence-corrected chi connectivity index (χ3v) is 4.66. The SMILES string of the molecule is CC(=O)Nc1ccc(NC(=O)c2ccc3cc4n(c3c2)C(C)CNC4=O)cn1. The summed E-state index contributed by atoms with van der Waals surface area (Å²) >= 11 is 0. The molecule has 1 aliphatic rings. The first-order valence-corrected chi connectivity index (χ1v) is 8.90. The number of nitrogens with one attached hydrogen (secondary N) is 3. The van der Waals surface area contributed by atoms with Gasteiger partial charge in [-0.2, -0.15) is 0 Å². The smallest absolute Gasteiger partial charge is 0.268 e. The molecule has 3 heterocycles. The number of benzene rings is 1. The summed E-state index contributed by atoms with van der Waals surface area (Å²) in [6.45, 7) is 3.98. The van der Waals surface area contributed by atoms with Crippen LogP contribution in [0, 0.1) is 0 Å². The van der Waals surface area contributed by atoms with Gasteiger partial charge in [-0.25, -0.2) is 4.98 Å². The number of aromatic nitrogens is 2. The summed E-state index contributed by atoms with van der Waals surface area (Å²) in [5, 5.41) is 9.14. The Hall–Kier alpha value is -3.68. The molecule has 1 unspecified atom stereocenters. The van der Waals surface area contributed by atoms with E-state index in [4.69, 9.17) is 0 Å². The lowest BCUT2D eigenvalue weighted by Crippen LogP contribution is -2.37. The molecule has 3 N–H and O–H groups in total. The van der Waals surface area contributed by atoms with Crippen LogP contribution in [0.15, 0.2) is 42.6 Å². The highest BCUT2D eigenvalue weighted by molar-refractivity contribution is 6.07. The van der Waals surface area contributed by atoms with E-state index in [1.54, 1.807) is 24.3 Å². The average Bonchev–Trinajstić information content (AvgIpc) is 3.06. The molecule has 1 aliphatic heterocycles. The number of pyridine rings is 1. The predicted octanol–water partition coefficient (Wildman–Crippen LogP) is 2.55. The lowest BCUT2D eigenvalue weighted by molar-refractivity contribution is -0.114. The first kappa shape index (κ1) is 17.7. The molecule has 8 nitrogen and oxygen atoms in total. The van der Waals surface area contributed by atoms with E-state index in [0.717, 1.165) is 10.9 Å². The third-order valence-electron chi connectivity index (χ3n) is 4.66. The molecule has 1 atom stereocenters. The lowest BCUT2D eigenvalue weighted by Gasteiger charge is -2.24. The Morgan fingerprint density at radius 2 is 2.00 bits per heavy atom. The van der Waals surface area contributed by atoms with E-state index >= 15 is 0 Å². The van der Waals surface area contributed by atoms with Crippen LogP contribution in [0.2, 0.25) is 0 Å². The maximum atomic E-state index is 12.7. The lowest BCUT2D eigenvalue weighted by atomic mass is 10.1. The van der Waals surface area contributed by atoms with Crippen LogP contribution in [0.25, 0.3) is 10.9 Å². The molecule has 3 amide bonds. The molecular weight excluding hydrogens is 358 g/mol. The van der Waals surface area contributed by atoms with Crippen LogP contribution in [-0.2, 0) is 4.79 Å². The largest absolute Gasteiger partial charge is 0.349 e. The van der Waals surface area contributed by atoms with Gasteiger partial charge in [0.25, 0.3) is 11.8 Å². The maximum absolute atomic E-state index is 12.7. The van der Waals surface area contributed by atoms with E-state index in [2.05, 4.69) is 20.9 Å². The van der Waals surface area contributed by atoms with Crippen molar-refractivity contribution >= 4 is 40.1 Å².